The molecule has 0 heterocycles. The van der Waals surface area contributed by atoms with Crippen molar-refractivity contribution in [2.75, 3.05) is 19.5 Å². The molecule has 0 aliphatic carbocycles. The molecule has 0 aliphatic rings. The van der Waals surface area contributed by atoms with Crippen LogP contribution in [0.5, 0.6) is 11.5 Å². The molecule has 0 fully saturated rings. The fourth-order valence-corrected chi connectivity index (χ4v) is 3.05. The van der Waals surface area contributed by atoms with E-state index in [-0.39, 0.29) is 0 Å². The summed E-state index contributed by atoms with van der Waals surface area (Å²) < 4.78 is 11.5. The minimum absolute atomic E-state index is 0.367. The van der Waals surface area contributed by atoms with Gasteiger partial charge in [-0.2, -0.15) is 0 Å². The van der Waals surface area contributed by atoms with Gasteiger partial charge in [0, 0.05) is 5.69 Å². The van der Waals surface area contributed by atoms with Crippen LogP contribution in [-0.4, -0.2) is 20.2 Å². The van der Waals surface area contributed by atoms with Gasteiger partial charge in [-0.1, -0.05) is 26.0 Å². The van der Waals surface area contributed by atoms with Gasteiger partial charge >= 0.3 is 0 Å². The molecule has 0 unspecified atom stereocenters. The first-order valence-electron chi connectivity index (χ1n) is 8.02. The lowest BCUT2D eigenvalue weighted by molar-refractivity contribution is 0.352. The molecule has 3 N–H and O–H groups in total. The van der Waals surface area contributed by atoms with Gasteiger partial charge in [-0.25, -0.2) is 4.99 Å². The summed E-state index contributed by atoms with van der Waals surface area (Å²) in [5.41, 5.74) is 9.16. The van der Waals surface area contributed by atoms with Crippen LogP contribution in [-0.2, 0) is 6.54 Å². The number of guanidine groups is 1. The highest BCUT2D eigenvalue weighted by Gasteiger charge is 2.10. The van der Waals surface area contributed by atoms with Crippen molar-refractivity contribution in [1.82, 2.24) is 0 Å². The van der Waals surface area contributed by atoms with E-state index in [4.69, 9.17) is 15.2 Å². The van der Waals surface area contributed by atoms with E-state index in [9.17, 15) is 0 Å². The second kappa shape index (κ2) is 8.76. The number of halogens is 1. The number of rotatable bonds is 6. The summed E-state index contributed by atoms with van der Waals surface area (Å²) >= 11 is 3.48. The molecule has 2 rings (SSSR count). The number of methoxy groups -OCH3 is 2. The minimum atomic E-state index is 0.367. The van der Waals surface area contributed by atoms with Crippen LogP contribution in [0.3, 0.4) is 0 Å². The first-order valence-corrected chi connectivity index (χ1v) is 8.81. The fraction of sp³-hybridized carbons (Fsp3) is 0.316. The third kappa shape index (κ3) is 5.13. The number of nitrogens with one attached hydrogen (secondary N) is 1. The van der Waals surface area contributed by atoms with Gasteiger partial charge < -0.3 is 20.5 Å². The molecule has 2 aromatic carbocycles. The highest BCUT2D eigenvalue weighted by Crippen LogP contribution is 2.36. The van der Waals surface area contributed by atoms with Crippen molar-refractivity contribution >= 4 is 27.6 Å². The molecule has 134 valence electrons. The standard InChI is InChI=1S/C19H24BrN3O2/c1-12(2)14-6-5-7-15(10-14)23-19(21)22-11-13-8-16(20)18(25-4)17(9-13)24-3/h5-10,12H,11H2,1-4H3,(H3,21,22,23). The Bertz CT molecular complexity index is 760. The molecule has 5 nitrogen and oxygen atoms in total. The first kappa shape index (κ1) is 19.1. The summed E-state index contributed by atoms with van der Waals surface area (Å²) in [5.74, 6) is 2.14. The number of aliphatic imine (C=N–C) groups is 1. The molecule has 0 bridgehead atoms. The molecule has 0 spiro atoms. The van der Waals surface area contributed by atoms with Gasteiger partial charge in [0.15, 0.2) is 17.5 Å². The van der Waals surface area contributed by atoms with E-state index < -0.39 is 0 Å². The van der Waals surface area contributed by atoms with Crippen LogP contribution < -0.4 is 20.5 Å². The Morgan fingerprint density at radius 3 is 2.60 bits per heavy atom. The number of nitrogens with zero attached hydrogens (tertiary/aromatic N) is 1. The van der Waals surface area contributed by atoms with E-state index >= 15 is 0 Å². The zero-order valence-electron chi connectivity index (χ0n) is 15.0. The molecule has 0 radical (unpaired) electrons. The van der Waals surface area contributed by atoms with Gasteiger partial charge in [-0.3, -0.25) is 0 Å². The summed E-state index contributed by atoms with van der Waals surface area (Å²) in [6.45, 7) is 4.75. The molecular formula is C19H24BrN3O2. The number of hydrogen-bond acceptors (Lipinski definition) is 3. The van der Waals surface area contributed by atoms with E-state index in [1.165, 1.54) is 5.56 Å². The Balaban J connectivity index is 2.11. The monoisotopic (exact) mass is 405 g/mol. The first-order chi connectivity index (χ1) is 11.9. The second-order valence-electron chi connectivity index (χ2n) is 5.92. The van der Waals surface area contributed by atoms with Gasteiger partial charge in [-0.05, 0) is 57.2 Å². The smallest absolute Gasteiger partial charge is 0.193 e. The molecule has 0 amide bonds. The number of ether oxygens (including phenoxy) is 2. The third-order valence-corrected chi connectivity index (χ3v) is 4.34. The molecule has 2 aromatic rings. The maximum atomic E-state index is 6.02. The molecule has 6 heteroatoms. The average Bonchev–Trinajstić information content (AvgIpc) is 2.59. The molecule has 0 saturated carbocycles. The van der Waals surface area contributed by atoms with Crippen molar-refractivity contribution < 1.29 is 9.47 Å². The summed E-state index contributed by atoms with van der Waals surface area (Å²) in [5, 5.41) is 3.13. The van der Waals surface area contributed by atoms with Gasteiger partial charge in [0.2, 0.25) is 0 Å². The van der Waals surface area contributed by atoms with Crippen LogP contribution >= 0.6 is 15.9 Å². The van der Waals surface area contributed by atoms with Crippen molar-refractivity contribution in [3.05, 3.63) is 52.0 Å². The summed E-state index contributed by atoms with van der Waals surface area (Å²) in [6.07, 6.45) is 0. The van der Waals surface area contributed by atoms with Crippen molar-refractivity contribution in [1.29, 1.82) is 0 Å². The Labute approximate surface area is 157 Å². The molecule has 0 atom stereocenters. The number of hydrogen-bond donors (Lipinski definition) is 2. The van der Waals surface area contributed by atoms with Crippen LogP contribution in [0.25, 0.3) is 0 Å². The Kier molecular flexibility index (Phi) is 6.70. The molecule has 0 aliphatic heterocycles. The predicted molar refractivity (Wildman–Crippen MR) is 107 cm³/mol. The molecule has 0 aromatic heterocycles. The zero-order valence-corrected chi connectivity index (χ0v) is 16.6. The van der Waals surface area contributed by atoms with E-state index in [0.29, 0.717) is 29.9 Å². The topological polar surface area (TPSA) is 68.9 Å². The van der Waals surface area contributed by atoms with Crippen LogP contribution in [0.15, 0.2) is 45.9 Å². The summed E-state index contributed by atoms with van der Waals surface area (Å²) in [4.78, 5) is 4.40. The van der Waals surface area contributed by atoms with Crippen LogP contribution in [0.4, 0.5) is 5.69 Å². The van der Waals surface area contributed by atoms with Gasteiger partial charge in [0.25, 0.3) is 0 Å². The van der Waals surface area contributed by atoms with Crippen molar-refractivity contribution in [2.45, 2.75) is 26.3 Å². The van der Waals surface area contributed by atoms with Crippen LogP contribution in [0.2, 0.25) is 0 Å². The van der Waals surface area contributed by atoms with Crippen LogP contribution in [0, 0.1) is 0 Å². The lowest BCUT2D eigenvalue weighted by atomic mass is 10.0. The minimum Gasteiger partial charge on any atom is -0.493 e. The van der Waals surface area contributed by atoms with E-state index in [1.807, 2.05) is 24.3 Å². The van der Waals surface area contributed by atoms with Gasteiger partial charge in [-0.15, -0.1) is 0 Å². The number of nitrogens with two attached hydrogens (primary N) is 1. The predicted octanol–water partition coefficient (Wildman–Crippen LogP) is 4.52. The van der Waals surface area contributed by atoms with E-state index in [2.05, 4.69) is 52.2 Å². The molecule has 25 heavy (non-hydrogen) atoms. The highest BCUT2D eigenvalue weighted by molar-refractivity contribution is 9.10. The second-order valence-corrected chi connectivity index (χ2v) is 6.77. The van der Waals surface area contributed by atoms with Crippen LogP contribution in [0.1, 0.15) is 30.9 Å². The lowest BCUT2D eigenvalue weighted by Gasteiger charge is -2.12. The van der Waals surface area contributed by atoms with E-state index in [1.54, 1.807) is 14.2 Å². The Morgan fingerprint density at radius 2 is 1.96 bits per heavy atom. The average molecular weight is 406 g/mol. The zero-order chi connectivity index (χ0) is 18.4. The number of benzene rings is 2. The van der Waals surface area contributed by atoms with Gasteiger partial charge in [0.1, 0.15) is 0 Å². The number of anilines is 1. The lowest BCUT2D eigenvalue weighted by Crippen LogP contribution is -2.22. The maximum absolute atomic E-state index is 6.02. The largest absolute Gasteiger partial charge is 0.493 e. The van der Waals surface area contributed by atoms with E-state index in [0.717, 1.165) is 15.7 Å². The third-order valence-electron chi connectivity index (χ3n) is 3.75. The molecular weight excluding hydrogens is 382 g/mol. The summed E-state index contributed by atoms with van der Waals surface area (Å²) in [7, 11) is 3.21. The fourth-order valence-electron chi connectivity index (χ4n) is 2.40. The normalized spacial score (nSPS) is 11.5. The van der Waals surface area contributed by atoms with Crippen molar-refractivity contribution in [3.63, 3.8) is 0 Å². The van der Waals surface area contributed by atoms with Gasteiger partial charge in [0.05, 0.1) is 25.2 Å². The van der Waals surface area contributed by atoms with Crippen molar-refractivity contribution in [3.8, 4) is 11.5 Å². The highest BCUT2D eigenvalue weighted by atomic mass is 79.9. The Hall–Kier alpha value is -2.21. The molecule has 0 saturated heterocycles. The Morgan fingerprint density at radius 1 is 1.20 bits per heavy atom. The quantitative estimate of drug-likeness (QED) is 0.547. The summed E-state index contributed by atoms with van der Waals surface area (Å²) in [6, 6.07) is 12.0. The van der Waals surface area contributed by atoms with Crippen molar-refractivity contribution in [2.24, 2.45) is 10.7 Å². The SMILES string of the molecule is COc1cc(CN=C(N)Nc2cccc(C(C)C)c2)cc(Br)c1OC. The maximum Gasteiger partial charge on any atom is 0.193 e.